The third-order valence-electron chi connectivity index (χ3n) is 4.91. The van der Waals surface area contributed by atoms with E-state index in [-0.39, 0.29) is 11.8 Å². The van der Waals surface area contributed by atoms with Crippen molar-refractivity contribution in [3.63, 3.8) is 0 Å². The van der Waals surface area contributed by atoms with Crippen molar-refractivity contribution in [2.75, 3.05) is 12.3 Å². The minimum absolute atomic E-state index is 0.0511. The number of hydrogen-bond donors (Lipinski definition) is 1. The molecule has 2 amide bonds. The van der Waals surface area contributed by atoms with Gasteiger partial charge >= 0.3 is 0 Å². The normalized spacial score (nSPS) is 11.7. The lowest BCUT2D eigenvalue weighted by Crippen LogP contribution is -2.47. The molecule has 2 rings (SSSR count). The van der Waals surface area contributed by atoms with Crippen LogP contribution in [0.25, 0.3) is 0 Å². The molecule has 0 aromatic heterocycles. The Hall–Kier alpha value is -1.69. The van der Waals surface area contributed by atoms with Gasteiger partial charge in [-0.25, -0.2) is 0 Å². The molecule has 0 aliphatic rings. The Morgan fingerprint density at radius 1 is 1.06 bits per heavy atom. The second-order valence-electron chi connectivity index (χ2n) is 7.38. The molecule has 0 heterocycles. The van der Waals surface area contributed by atoms with Crippen LogP contribution in [0.15, 0.2) is 48.5 Å². The van der Waals surface area contributed by atoms with Crippen molar-refractivity contribution in [1.29, 1.82) is 0 Å². The van der Waals surface area contributed by atoms with E-state index in [9.17, 15) is 9.59 Å². The molecule has 0 unspecified atom stereocenters. The fraction of sp³-hybridized carbons (Fsp3) is 0.417. The zero-order valence-corrected chi connectivity index (χ0v) is 20.4. The van der Waals surface area contributed by atoms with Crippen molar-refractivity contribution in [2.24, 2.45) is 0 Å². The second kappa shape index (κ2) is 13.7. The summed E-state index contributed by atoms with van der Waals surface area (Å²) in [6.07, 6.45) is 2.28. The summed E-state index contributed by atoms with van der Waals surface area (Å²) in [5, 5.41) is 3.83. The number of unbranched alkanes of at least 4 members (excludes halogenated alkanes) is 1. The van der Waals surface area contributed by atoms with Gasteiger partial charge in [-0.2, -0.15) is 11.8 Å². The van der Waals surface area contributed by atoms with Crippen LogP contribution in [0.1, 0.15) is 44.2 Å². The summed E-state index contributed by atoms with van der Waals surface area (Å²) in [7, 11) is 0. The standard InChI is InChI=1S/C24H30Cl2N2O2S/c1-3-4-13-27-24(30)18(2)28(16-20-10-11-21(25)22(26)15-20)23(29)12-14-31-17-19-8-6-5-7-9-19/h5-11,15,18H,3-4,12-14,16-17H2,1-2H3,(H,27,30)/t18-/m1/s1. The van der Waals surface area contributed by atoms with E-state index in [0.717, 1.165) is 24.2 Å². The van der Waals surface area contributed by atoms with Gasteiger partial charge in [0, 0.05) is 31.0 Å². The molecular weight excluding hydrogens is 451 g/mol. The number of nitrogens with zero attached hydrogens (tertiary/aromatic N) is 1. The van der Waals surface area contributed by atoms with Gasteiger partial charge in [0.1, 0.15) is 6.04 Å². The lowest BCUT2D eigenvalue weighted by molar-refractivity contribution is -0.140. The maximum Gasteiger partial charge on any atom is 0.242 e. The Labute approximate surface area is 199 Å². The summed E-state index contributed by atoms with van der Waals surface area (Å²) in [4.78, 5) is 27.3. The first-order valence-electron chi connectivity index (χ1n) is 10.5. The predicted octanol–water partition coefficient (Wildman–Crippen LogP) is 5.95. The summed E-state index contributed by atoms with van der Waals surface area (Å²) in [6.45, 7) is 4.76. The molecule has 0 radical (unpaired) electrons. The Balaban J connectivity index is 2.01. The van der Waals surface area contributed by atoms with Crippen LogP contribution in [0, 0.1) is 0 Å². The molecule has 0 saturated carbocycles. The van der Waals surface area contributed by atoms with Gasteiger partial charge in [0.05, 0.1) is 10.0 Å². The summed E-state index contributed by atoms with van der Waals surface area (Å²) < 4.78 is 0. The topological polar surface area (TPSA) is 49.4 Å². The van der Waals surface area contributed by atoms with E-state index in [2.05, 4.69) is 24.4 Å². The zero-order chi connectivity index (χ0) is 22.6. The number of benzene rings is 2. The van der Waals surface area contributed by atoms with Gasteiger partial charge in [0.2, 0.25) is 11.8 Å². The average molecular weight is 481 g/mol. The van der Waals surface area contributed by atoms with Crippen molar-refractivity contribution in [2.45, 2.75) is 51.4 Å². The van der Waals surface area contributed by atoms with Crippen LogP contribution in [-0.4, -0.2) is 35.1 Å². The lowest BCUT2D eigenvalue weighted by Gasteiger charge is -2.29. The number of hydrogen-bond acceptors (Lipinski definition) is 3. The number of amides is 2. The number of rotatable bonds is 12. The number of carbonyl (C=O) groups is 2. The fourth-order valence-electron chi connectivity index (χ4n) is 3.02. The van der Waals surface area contributed by atoms with E-state index in [1.165, 1.54) is 5.56 Å². The fourth-order valence-corrected chi connectivity index (χ4v) is 4.23. The molecule has 0 bridgehead atoms. The molecule has 0 spiro atoms. The molecule has 1 atom stereocenters. The van der Waals surface area contributed by atoms with Crippen LogP contribution < -0.4 is 5.32 Å². The lowest BCUT2D eigenvalue weighted by atomic mass is 10.1. The highest BCUT2D eigenvalue weighted by atomic mass is 35.5. The van der Waals surface area contributed by atoms with Gasteiger partial charge in [0.15, 0.2) is 0 Å². The predicted molar refractivity (Wildman–Crippen MR) is 132 cm³/mol. The number of halogens is 2. The summed E-state index contributed by atoms with van der Waals surface area (Å²) >= 11 is 13.9. The van der Waals surface area contributed by atoms with E-state index in [1.807, 2.05) is 24.3 Å². The van der Waals surface area contributed by atoms with E-state index in [1.54, 1.807) is 35.7 Å². The Morgan fingerprint density at radius 3 is 2.48 bits per heavy atom. The second-order valence-corrected chi connectivity index (χ2v) is 9.30. The Bertz CT molecular complexity index is 849. The number of nitrogens with one attached hydrogen (secondary N) is 1. The molecule has 7 heteroatoms. The molecule has 1 N–H and O–H groups in total. The van der Waals surface area contributed by atoms with Crippen molar-refractivity contribution < 1.29 is 9.59 Å². The van der Waals surface area contributed by atoms with Crippen LogP contribution >= 0.6 is 35.0 Å². The molecule has 2 aromatic rings. The number of thioether (sulfide) groups is 1. The summed E-state index contributed by atoms with van der Waals surface area (Å²) in [6, 6.07) is 14.9. The molecule has 168 valence electrons. The quantitative estimate of drug-likeness (QED) is 0.381. The van der Waals surface area contributed by atoms with E-state index >= 15 is 0 Å². The number of carbonyl (C=O) groups excluding carboxylic acids is 2. The molecule has 0 aliphatic carbocycles. The van der Waals surface area contributed by atoms with Gasteiger partial charge in [-0.05, 0) is 36.6 Å². The van der Waals surface area contributed by atoms with Gasteiger partial charge < -0.3 is 10.2 Å². The van der Waals surface area contributed by atoms with Crippen molar-refractivity contribution in [3.8, 4) is 0 Å². The highest BCUT2D eigenvalue weighted by Crippen LogP contribution is 2.24. The Morgan fingerprint density at radius 2 is 1.81 bits per heavy atom. The maximum absolute atomic E-state index is 13.1. The summed E-state index contributed by atoms with van der Waals surface area (Å²) in [5.41, 5.74) is 2.07. The first kappa shape index (κ1) is 25.6. The van der Waals surface area contributed by atoms with Crippen molar-refractivity contribution in [1.82, 2.24) is 10.2 Å². The van der Waals surface area contributed by atoms with Crippen LogP contribution in [0.4, 0.5) is 0 Å². The monoisotopic (exact) mass is 480 g/mol. The highest BCUT2D eigenvalue weighted by Gasteiger charge is 2.25. The van der Waals surface area contributed by atoms with E-state index in [4.69, 9.17) is 23.2 Å². The van der Waals surface area contributed by atoms with Gasteiger partial charge in [-0.1, -0.05) is 72.9 Å². The average Bonchev–Trinajstić information content (AvgIpc) is 2.77. The molecule has 4 nitrogen and oxygen atoms in total. The molecule has 2 aromatic carbocycles. The minimum Gasteiger partial charge on any atom is -0.354 e. The van der Waals surface area contributed by atoms with Gasteiger partial charge in [-0.15, -0.1) is 0 Å². The van der Waals surface area contributed by atoms with Crippen LogP contribution in [0.2, 0.25) is 10.0 Å². The maximum atomic E-state index is 13.1. The van der Waals surface area contributed by atoms with Gasteiger partial charge in [0.25, 0.3) is 0 Å². The molecular formula is C24H30Cl2N2O2S. The molecule has 0 aliphatic heterocycles. The highest BCUT2D eigenvalue weighted by molar-refractivity contribution is 7.98. The SMILES string of the molecule is CCCCNC(=O)[C@@H](C)N(Cc1ccc(Cl)c(Cl)c1)C(=O)CCSCc1ccccc1. The van der Waals surface area contributed by atoms with Crippen molar-refractivity contribution in [3.05, 3.63) is 69.7 Å². The first-order valence-corrected chi connectivity index (χ1v) is 12.5. The smallest absolute Gasteiger partial charge is 0.242 e. The van der Waals surface area contributed by atoms with Crippen LogP contribution in [-0.2, 0) is 21.9 Å². The molecule has 0 saturated heterocycles. The largest absolute Gasteiger partial charge is 0.354 e. The molecule has 0 fully saturated rings. The molecule has 31 heavy (non-hydrogen) atoms. The Kier molecular flexibility index (Phi) is 11.3. The third-order valence-corrected chi connectivity index (χ3v) is 6.67. The zero-order valence-electron chi connectivity index (χ0n) is 18.1. The summed E-state index contributed by atoms with van der Waals surface area (Å²) in [5.74, 6) is 1.35. The van der Waals surface area contributed by atoms with Gasteiger partial charge in [-0.3, -0.25) is 9.59 Å². The van der Waals surface area contributed by atoms with E-state index in [0.29, 0.717) is 35.3 Å². The van der Waals surface area contributed by atoms with Crippen LogP contribution in [0.5, 0.6) is 0 Å². The van der Waals surface area contributed by atoms with E-state index < -0.39 is 6.04 Å². The van der Waals surface area contributed by atoms with Crippen LogP contribution in [0.3, 0.4) is 0 Å². The third kappa shape index (κ3) is 8.76. The van der Waals surface area contributed by atoms with Crippen molar-refractivity contribution >= 4 is 46.8 Å². The first-order chi connectivity index (χ1) is 14.9. The minimum atomic E-state index is -0.571.